The van der Waals surface area contributed by atoms with E-state index >= 15 is 0 Å². The molecule has 0 aromatic heterocycles. The lowest BCUT2D eigenvalue weighted by molar-refractivity contribution is -0.135. The zero-order valence-corrected chi connectivity index (χ0v) is 16.5. The first-order chi connectivity index (χ1) is 11.4. The number of nitrogens with zero attached hydrogens (tertiary/aromatic N) is 2. The van der Waals surface area contributed by atoms with E-state index in [0.29, 0.717) is 37.6 Å². The van der Waals surface area contributed by atoms with Gasteiger partial charge in [0.25, 0.3) is 0 Å². The number of sulfonamides is 1. The van der Waals surface area contributed by atoms with Crippen LogP contribution in [0.3, 0.4) is 0 Å². The highest BCUT2D eigenvalue weighted by atomic mass is 35.5. The number of amides is 1. The zero-order chi connectivity index (χ0) is 17.7. The van der Waals surface area contributed by atoms with Crippen molar-refractivity contribution in [1.29, 1.82) is 0 Å². The molecule has 1 saturated heterocycles. The van der Waals surface area contributed by atoms with Crippen molar-refractivity contribution in [3.05, 3.63) is 29.8 Å². The monoisotopic (exact) mass is 389 g/mol. The predicted molar refractivity (Wildman–Crippen MR) is 101 cm³/mol. The van der Waals surface area contributed by atoms with Crippen LogP contribution in [-0.2, 0) is 21.2 Å². The summed E-state index contributed by atoms with van der Waals surface area (Å²) in [6.07, 6.45) is 1.98. The Morgan fingerprint density at radius 3 is 2.20 bits per heavy atom. The van der Waals surface area contributed by atoms with Gasteiger partial charge >= 0.3 is 0 Å². The topological polar surface area (TPSA) is 83.7 Å². The summed E-state index contributed by atoms with van der Waals surface area (Å²) in [5, 5.41) is 0. The number of rotatable bonds is 6. The van der Waals surface area contributed by atoms with E-state index in [1.807, 2.05) is 12.1 Å². The van der Waals surface area contributed by atoms with Crippen LogP contribution in [-0.4, -0.2) is 56.3 Å². The summed E-state index contributed by atoms with van der Waals surface area (Å²) in [4.78, 5) is 14.2. The minimum Gasteiger partial charge on any atom is -0.340 e. The summed E-state index contributed by atoms with van der Waals surface area (Å²) in [5.41, 5.74) is 6.67. The fourth-order valence-electron chi connectivity index (χ4n) is 2.83. The minimum atomic E-state index is -3.50. The molecule has 8 heteroatoms. The van der Waals surface area contributed by atoms with Crippen LogP contribution in [0.25, 0.3) is 0 Å². The number of aryl methyl sites for hydroxylation is 1. The lowest BCUT2D eigenvalue weighted by Gasteiger charge is -2.35. The van der Waals surface area contributed by atoms with E-state index in [1.54, 1.807) is 24.0 Å². The largest absolute Gasteiger partial charge is 0.340 e. The number of carbonyl (C=O) groups excluding carboxylic acids is 1. The maximum absolute atomic E-state index is 12.7. The van der Waals surface area contributed by atoms with Gasteiger partial charge in [-0.3, -0.25) is 4.79 Å². The quantitative estimate of drug-likeness (QED) is 0.798. The summed E-state index contributed by atoms with van der Waals surface area (Å²) in [6.45, 7) is 5.67. The van der Waals surface area contributed by atoms with Crippen LogP contribution in [0.5, 0.6) is 0 Å². The fourth-order valence-corrected chi connectivity index (χ4v) is 4.25. The number of carbonyl (C=O) groups is 1. The first-order valence-corrected chi connectivity index (χ1v) is 9.92. The van der Waals surface area contributed by atoms with Crippen LogP contribution < -0.4 is 5.73 Å². The molecule has 1 aliphatic heterocycles. The first kappa shape index (κ1) is 21.9. The van der Waals surface area contributed by atoms with Gasteiger partial charge in [0.2, 0.25) is 15.9 Å². The Labute approximate surface area is 156 Å². The Morgan fingerprint density at radius 1 is 1.16 bits per heavy atom. The molecule has 0 radical (unpaired) electrons. The van der Waals surface area contributed by atoms with E-state index in [-0.39, 0.29) is 24.2 Å². The summed E-state index contributed by atoms with van der Waals surface area (Å²) in [5.74, 6) is -0.224. The molecule has 1 heterocycles. The molecule has 1 unspecified atom stereocenters. The van der Waals surface area contributed by atoms with Gasteiger partial charge in [0.1, 0.15) is 0 Å². The van der Waals surface area contributed by atoms with Gasteiger partial charge in [0, 0.05) is 38.6 Å². The molecule has 0 aliphatic carbocycles. The van der Waals surface area contributed by atoms with Crippen molar-refractivity contribution in [2.75, 3.05) is 32.7 Å². The second kappa shape index (κ2) is 9.52. The second-order valence-corrected chi connectivity index (χ2v) is 8.20. The molecular weight excluding hydrogens is 362 g/mol. The standard InChI is InChI=1S/C17H27N3O3S.ClH/c1-3-4-15-5-7-16(8-6-15)24(22,23)20-11-9-19(10-12-20)17(21)14(2)13-18;/h5-8,14H,3-4,9-13,18H2,1-2H3;1H. The van der Waals surface area contributed by atoms with Crippen LogP contribution >= 0.6 is 12.4 Å². The van der Waals surface area contributed by atoms with Crippen molar-refractivity contribution >= 4 is 28.3 Å². The number of piperazine rings is 1. The summed E-state index contributed by atoms with van der Waals surface area (Å²) in [6, 6.07) is 7.10. The Kier molecular flexibility index (Phi) is 8.34. The van der Waals surface area contributed by atoms with Gasteiger partial charge in [-0.1, -0.05) is 32.4 Å². The first-order valence-electron chi connectivity index (χ1n) is 8.48. The Balaban J connectivity index is 0.00000312. The number of halogens is 1. The number of hydrogen-bond donors (Lipinski definition) is 1. The van der Waals surface area contributed by atoms with Crippen molar-refractivity contribution in [3.8, 4) is 0 Å². The van der Waals surface area contributed by atoms with Gasteiger partial charge in [-0.05, 0) is 24.1 Å². The van der Waals surface area contributed by atoms with Crippen LogP contribution in [0.4, 0.5) is 0 Å². The van der Waals surface area contributed by atoms with Gasteiger partial charge in [0.15, 0.2) is 0 Å². The van der Waals surface area contributed by atoms with Crippen LogP contribution in [0.2, 0.25) is 0 Å². The SMILES string of the molecule is CCCc1ccc(S(=O)(=O)N2CCN(C(=O)C(C)CN)CC2)cc1.Cl. The molecule has 1 fully saturated rings. The zero-order valence-electron chi connectivity index (χ0n) is 14.8. The minimum absolute atomic E-state index is 0. The predicted octanol–water partition coefficient (Wildman–Crippen LogP) is 1.49. The van der Waals surface area contributed by atoms with E-state index in [9.17, 15) is 13.2 Å². The van der Waals surface area contributed by atoms with E-state index in [2.05, 4.69) is 6.92 Å². The van der Waals surface area contributed by atoms with E-state index in [4.69, 9.17) is 5.73 Å². The van der Waals surface area contributed by atoms with Crippen molar-refractivity contribution in [2.45, 2.75) is 31.6 Å². The van der Waals surface area contributed by atoms with Crippen molar-refractivity contribution in [1.82, 2.24) is 9.21 Å². The molecular formula is C17H28ClN3O3S. The molecule has 2 N–H and O–H groups in total. The second-order valence-electron chi connectivity index (χ2n) is 6.26. The van der Waals surface area contributed by atoms with Crippen molar-refractivity contribution in [3.63, 3.8) is 0 Å². The maximum atomic E-state index is 12.7. The molecule has 2 rings (SSSR count). The smallest absolute Gasteiger partial charge is 0.243 e. The van der Waals surface area contributed by atoms with E-state index < -0.39 is 10.0 Å². The number of hydrogen-bond acceptors (Lipinski definition) is 4. The third-order valence-electron chi connectivity index (χ3n) is 4.43. The fraction of sp³-hybridized carbons (Fsp3) is 0.588. The van der Waals surface area contributed by atoms with E-state index in [1.165, 1.54) is 4.31 Å². The lowest BCUT2D eigenvalue weighted by Crippen LogP contribution is -2.52. The molecule has 0 saturated carbocycles. The number of benzene rings is 1. The Hall–Kier alpha value is -1.15. The molecule has 142 valence electrons. The third-order valence-corrected chi connectivity index (χ3v) is 6.34. The number of nitrogens with two attached hydrogens (primary N) is 1. The van der Waals surface area contributed by atoms with Gasteiger partial charge in [0.05, 0.1) is 4.90 Å². The summed E-state index contributed by atoms with van der Waals surface area (Å²) >= 11 is 0. The molecule has 0 bridgehead atoms. The Morgan fingerprint density at radius 2 is 1.72 bits per heavy atom. The summed E-state index contributed by atoms with van der Waals surface area (Å²) < 4.78 is 26.9. The van der Waals surface area contributed by atoms with Crippen molar-refractivity contribution in [2.24, 2.45) is 11.7 Å². The van der Waals surface area contributed by atoms with Gasteiger partial charge in [-0.2, -0.15) is 4.31 Å². The highest BCUT2D eigenvalue weighted by Gasteiger charge is 2.31. The maximum Gasteiger partial charge on any atom is 0.243 e. The van der Waals surface area contributed by atoms with Crippen LogP contribution in [0.15, 0.2) is 29.2 Å². The van der Waals surface area contributed by atoms with Gasteiger partial charge < -0.3 is 10.6 Å². The van der Waals surface area contributed by atoms with Crippen molar-refractivity contribution < 1.29 is 13.2 Å². The van der Waals surface area contributed by atoms with Crippen LogP contribution in [0.1, 0.15) is 25.8 Å². The molecule has 25 heavy (non-hydrogen) atoms. The average molecular weight is 390 g/mol. The van der Waals surface area contributed by atoms with Gasteiger partial charge in [-0.25, -0.2) is 8.42 Å². The average Bonchev–Trinajstić information content (AvgIpc) is 2.61. The summed E-state index contributed by atoms with van der Waals surface area (Å²) in [7, 11) is -3.50. The van der Waals surface area contributed by atoms with E-state index in [0.717, 1.165) is 18.4 Å². The molecule has 6 nitrogen and oxygen atoms in total. The molecule has 1 amide bonds. The van der Waals surface area contributed by atoms with Gasteiger partial charge in [-0.15, -0.1) is 12.4 Å². The molecule has 1 aliphatic rings. The Bertz CT molecular complexity index is 656. The normalized spacial score (nSPS) is 17.0. The molecule has 1 aromatic rings. The van der Waals surface area contributed by atoms with Crippen LogP contribution in [0, 0.1) is 5.92 Å². The molecule has 0 spiro atoms. The molecule has 1 atom stereocenters. The highest BCUT2D eigenvalue weighted by molar-refractivity contribution is 7.89. The highest BCUT2D eigenvalue weighted by Crippen LogP contribution is 2.19. The third kappa shape index (κ3) is 5.17. The molecule has 1 aromatic carbocycles. The lowest BCUT2D eigenvalue weighted by atomic mass is 10.1.